The number of ketones is 1. The molecule has 34 heavy (non-hydrogen) atoms. The number of Topliss-reactive ketones (excluding diaryl/α,β-unsaturated/α-hetero) is 1. The van der Waals surface area contributed by atoms with Crippen molar-refractivity contribution in [1.82, 2.24) is 0 Å². The minimum absolute atomic E-state index is 0.0140. The van der Waals surface area contributed by atoms with Crippen LogP contribution in [0.3, 0.4) is 0 Å². The van der Waals surface area contributed by atoms with E-state index in [1.807, 2.05) is 45.0 Å². The van der Waals surface area contributed by atoms with Gasteiger partial charge in [-0.2, -0.15) is 0 Å². The van der Waals surface area contributed by atoms with Crippen molar-refractivity contribution in [3.05, 3.63) is 88.9 Å². The first-order chi connectivity index (χ1) is 16.3. The number of furan rings is 1. The van der Waals surface area contributed by atoms with Gasteiger partial charge in [0.25, 0.3) is 11.7 Å². The summed E-state index contributed by atoms with van der Waals surface area (Å²) in [5.41, 5.74) is 2.06. The predicted molar refractivity (Wildman–Crippen MR) is 131 cm³/mol. The number of aliphatic hydroxyl groups is 1. The van der Waals surface area contributed by atoms with Gasteiger partial charge in [-0.15, -0.1) is 0 Å². The van der Waals surface area contributed by atoms with Gasteiger partial charge in [-0.05, 0) is 61.2 Å². The quantitative estimate of drug-likeness (QED) is 0.274. The molecule has 6 heteroatoms. The van der Waals surface area contributed by atoms with E-state index >= 15 is 0 Å². The van der Waals surface area contributed by atoms with E-state index in [9.17, 15) is 14.7 Å². The maximum absolute atomic E-state index is 13.2. The number of aryl methyl sites for hydroxylation is 2. The van der Waals surface area contributed by atoms with Gasteiger partial charge in [0.2, 0.25) is 0 Å². The van der Waals surface area contributed by atoms with Gasteiger partial charge in [0, 0.05) is 11.3 Å². The molecule has 1 aromatic heterocycles. The number of nitrogens with zero attached hydrogens (tertiary/aromatic N) is 1. The number of carbonyl (C=O) groups excluding carboxylic acids is 2. The standard InChI is InChI=1S/C28H29NO5/c1-5-19-10-12-21(13-11-19)29-25(23-14-9-18(4)34-23)24(27(31)28(29)32)26(30)20-7-6-8-22(15-20)33-16-17(2)3/h6-15,17,25,30H,5,16H2,1-4H3/b26-24-. The van der Waals surface area contributed by atoms with Gasteiger partial charge in [-0.25, -0.2) is 0 Å². The summed E-state index contributed by atoms with van der Waals surface area (Å²) in [7, 11) is 0. The SMILES string of the molecule is CCc1ccc(N2C(=O)C(=O)/C(=C(\O)c3cccc(OCC(C)C)c3)C2c2ccc(C)o2)cc1. The van der Waals surface area contributed by atoms with E-state index in [1.165, 1.54) is 4.90 Å². The molecule has 0 radical (unpaired) electrons. The lowest BCUT2D eigenvalue weighted by atomic mass is 9.99. The van der Waals surface area contributed by atoms with E-state index in [1.54, 1.807) is 43.3 Å². The smallest absolute Gasteiger partial charge is 0.300 e. The molecule has 6 nitrogen and oxygen atoms in total. The van der Waals surface area contributed by atoms with Crippen LogP contribution < -0.4 is 9.64 Å². The zero-order valence-corrected chi connectivity index (χ0v) is 19.9. The second kappa shape index (κ2) is 9.59. The Labute approximate surface area is 199 Å². The van der Waals surface area contributed by atoms with E-state index in [0.29, 0.717) is 41.0 Å². The maximum Gasteiger partial charge on any atom is 0.300 e. The van der Waals surface area contributed by atoms with Crippen LogP contribution in [0.15, 0.2) is 70.7 Å². The molecule has 1 fully saturated rings. The first-order valence-electron chi connectivity index (χ1n) is 11.5. The largest absolute Gasteiger partial charge is 0.507 e. The van der Waals surface area contributed by atoms with Gasteiger partial charge in [0.15, 0.2) is 0 Å². The topological polar surface area (TPSA) is 80.0 Å². The monoisotopic (exact) mass is 459 g/mol. The van der Waals surface area contributed by atoms with E-state index in [2.05, 4.69) is 0 Å². The number of amides is 1. The zero-order chi connectivity index (χ0) is 24.4. The van der Waals surface area contributed by atoms with Crippen LogP contribution in [0.5, 0.6) is 5.75 Å². The number of anilines is 1. The normalized spacial score (nSPS) is 17.6. The lowest BCUT2D eigenvalue weighted by Crippen LogP contribution is -2.29. The molecule has 1 atom stereocenters. The highest BCUT2D eigenvalue weighted by Crippen LogP contribution is 2.43. The molecule has 2 aromatic carbocycles. The van der Waals surface area contributed by atoms with Crippen molar-refractivity contribution >= 4 is 23.1 Å². The number of aliphatic hydroxyl groups excluding tert-OH is 1. The van der Waals surface area contributed by atoms with Gasteiger partial charge in [0.1, 0.15) is 29.1 Å². The van der Waals surface area contributed by atoms with Crippen molar-refractivity contribution in [3.8, 4) is 5.75 Å². The Hall–Kier alpha value is -3.80. The zero-order valence-electron chi connectivity index (χ0n) is 19.9. The lowest BCUT2D eigenvalue weighted by Gasteiger charge is -2.23. The van der Waals surface area contributed by atoms with E-state index in [4.69, 9.17) is 9.15 Å². The minimum atomic E-state index is -0.888. The first-order valence-corrected chi connectivity index (χ1v) is 11.5. The Balaban J connectivity index is 1.83. The Morgan fingerprint density at radius 2 is 1.82 bits per heavy atom. The molecule has 1 N–H and O–H groups in total. The molecule has 3 aromatic rings. The molecule has 0 spiro atoms. The van der Waals surface area contributed by atoms with Crippen LogP contribution in [0.2, 0.25) is 0 Å². The summed E-state index contributed by atoms with van der Waals surface area (Å²) in [6, 6.07) is 17.0. The molecule has 176 valence electrons. The average molecular weight is 460 g/mol. The van der Waals surface area contributed by atoms with E-state index in [-0.39, 0.29) is 11.3 Å². The lowest BCUT2D eigenvalue weighted by molar-refractivity contribution is -0.132. The van der Waals surface area contributed by atoms with Crippen molar-refractivity contribution in [2.75, 3.05) is 11.5 Å². The summed E-state index contributed by atoms with van der Waals surface area (Å²) in [5.74, 6) is 0.231. The number of ether oxygens (including phenoxy) is 1. The number of carbonyl (C=O) groups is 2. The maximum atomic E-state index is 13.2. The van der Waals surface area contributed by atoms with Crippen LogP contribution in [0.4, 0.5) is 5.69 Å². The fourth-order valence-electron chi connectivity index (χ4n) is 4.01. The second-order valence-corrected chi connectivity index (χ2v) is 8.87. The van der Waals surface area contributed by atoms with E-state index < -0.39 is 17.7 Å². The highest BCUT2D eigenvalue weighted by molar-refractivity contribution is 6.51. The van der Waals surface area contributed by atoms with Crippen LogP contribution >= 0.6 is 0 Å². The molecule has 1 aliphatic rings. The third kappa shape index (κ3) is 4.49. The van der Waals surface area contributed by atoms with Crippen molar-refractivity contribution < 1.29 is 23.8 Å². The first kappa shape index (κ1) is 23.4. The van der Waals surface area contributed by atoms with Gasteiger partial charge < -0.3 is 14.3 Å². The Morgan fingerprint density at radius 1 is 1.09 bits per heavy atom. The fraction of sp³-hybridized carbons (Fsp3) is 0.286. The van der Waals surface area contributed by atoms with Crippen molar-refractivity contribution in [2.24, 2.45) is 5.92 Å². The van der Waals surface area contributed by atoms with Crippen LogP contribution in [-0.2, 0) is 16.0 Å². The molecular formula is C28H29NO5. The van der Waals surface area contributed by atoms with Crippen LogP contribution in [0.25, 0.3) is 5.76 Å². The van der Waals surface area contributed by atoms with Gasteiger partial charge in [-0.1, -0.05) is 45.0 Å². The number of hydrogen-bond donors (Lipinski definition) is 1. The second-order valence-electron chi connectivity index (χ2n) is 8.87. The van der Waals surface area contributed by atoms with Gasteiger partial charge in [-0.3, -0.25) is 14.5 Å². The highest BCUT2D eigenvalue weighted by Gasteiger charge is 2.48. The van der Waals surface area contributed by atoms with E-state index in [0.717, 1.165) is 12.0 Å². The van der Waals surface area contributed by atoms with Crippen LogP contribution in [0, 0.1) is 12.8 Å². The molecule has 1 unspecified atom stereocenters. The fourth-order valence-corrected chi connectivity index (χ4v) is 4.01. The molecule has 1 saturated heterocycles. The number of hydrogen-bond acceptors (Lipinski definition) is 5. The van der Waals surface area contributed by atoms with Crippen molar-refractivity contribution in [2.45, 2.75) is 40.2 Å². The van der Waals surface area contributed by atoms with Gasteiger partial charge in [0.05, 0.1) is 12.2 Å². The summed E-state index contributed by atoms with van der Waals surface area (Å²) in [4.78, 5) is 27.8. The third-order valence-corrected chi connectivity index (χ3v) is 5.79. The Bertz CT molecular complexity index is 1240. The molecule has 4 rings (SSSR count). The molecule has 1 amide bonds. The number of benzene rings is 2. The predicted octanol–water partition coefficient (Wildman–Crippen LogP) is 5.81. The molecular weight excluding hydrogens is 430 g/mol. The third-order valence-electron chi connectivity index (χ3n) is 5.79. The summed E-state index contributed by atoms with van der Waals surface area (Å²) in [5, 5.41) is 11.3. The minimum Gasteiger partial charge on any atom is -0.507 e. The summed E-state index contributed by atoms with van der Waals surface area (Å²) < 4.78 is 11.6. The van der Waals surface area contributed by atoms with Crippen molar-refractivity contribution in [3.63, 3.8) is 0 Å². The molecule has 0 saturated carbocycles. The highest BCUT2D eigenvalue weighted by atomic mass is 16.5. The van der Waals surface area contributed by atoms with Crippen molar-refractivity contribution in [1.29, 1.82) is 0 Å². The molecule has 2 heterocycles. The van der Waals surface area contributed by atoms with Crippen LogP contribution in [-0.4, -0.2) is 23.4 Å². The van der Waals surface area contributed by atoms with Gasteiger partial charge >= 0.3 is 0 Å². The molecule has 1 aliphatic heterocycles. The summed E-state index contributed by atoms with van der Waals surface area (Å²) in [6.45, 7) is 8.45. The summed E-state index contributed by atoms with van der Waals surface area (Å²) >= 11 is 0. The molecule has 0 aliphatic carbocycles. The average Bonchev–Trinajstić information content (AvgIpc) is 3.38. The Morgan fingerprint density at radius 3 is 2.44 bits per heavy atom. The Kier molecular flexibility index (Phi) is 6.59. The molecule has 0 bridgehead atoms. The number of rotatable bonds is 7. The summed E-state index contributed by atoms with van der Waals surface area (Å²) in [6.07, 6.45) is 0.856. The van der Waals surface area contributed by atoms with Crippen LogP contribution in [0.1, 0.15) is 49.5 Å².